The number of aliphatic hydroxyl groups is 1. The molecule has 43 heavy (non-hydrogen) atoms. The second-order valence-electron chi connectivity index (χ2n) is 13.8. The lowest BCUT2D eigenvalue weighted by molar-refractivity contribution is -0.142. The molecule has 4 aliphatic carbocycles. The number of terminal acetylenes is 1. The molecule has 3 fully saturated rings. The van der Waals surface area contributed by atoms with Crippen molar-refractivity contribution in [3.05, 3.63) is 11.6 Å². The van der Waals surface area contributed by atoms with Crippen LogP contribution in [0.25, 0.3) is 0 Å². The highest BCUT2D eigenvalue weighted by Gasteiger charge is 2.63. The molecule has 0 aromatic carbocycles. The molecule has 0 heterocycles. The van der Waals surface area contributed by atoms with Crippen LogP contribution in [0.15, 0.2) is 16.8 Å². The molecule has 0 aromatic heterocycles. The van der Waals surface area contributed by atoms with Gasteiger partial charge < -0.3 is 25.7 Å². The molecule has 4 N–H and O–H groups in total. The lowest BCUT2D eigenvalue weighted by Gasteiger charge is -2.58. The van der Waals surface area contributed by atoms with E-state index >= 15 is 0 Å². The smallest absolute Gasteiger partial charge is 0.326 e. The van der Waals surface area contributed by atoms with Crippen LogP contribution in [-0.4, -0.2) is 70.0 Å². The molecule has 0 aliphatic heterocycles. The molecule has 0 saturated heterocycles. The zero-order valence-corrected chi connectivity index (χ0v) is 27.1. The van der Waals surface area contributed by atoms with Crippen LogP contribution in [-0.2, 0) is 19.2 Å². The van der Waals surface area contributed by atoms with Crippen LogP contribution >= 0.6 is 11.8 Å². The van der Waals surface area contributed by atoms with Gasteiger partial charge in [-0.2, -0.15) is 11.8 Å². The number of hydrogen-bond acceptors (Lipinski definition) is 7. The van der Waals surface area contributed by atoms with E-state index in [1.165, 1.54) is 17.3 Å². The van der Waals surface area contributed by atoms with Gasteiger partial charge in [0.05, 0.1) is 5.71 Å². The molecule has 238 valence electrons. The van der Waals surface area contributed by atoms with Gasteiger partial charge >= 0.3 is 5.97 Å². The Morgan fingerprint density at radius 3 is 2.51 bits per heavy atom. The molecule has 4 rings (SSSR count). The van der Waals surface area contributed by atoms with Crippen molar-refractivity contribution in [1.82, 2.24) is 10.6 Å². The number of nitrogens with one attached hydrogen (secondary N) is 2. The molecule has 0 bridgehead atoms. The van der Waals surface area contributed by atoms with Gasteiger partial charge in [0, 0.05) is 5.41 Å². The summed E-state index contributed by atoms with van der Waals surface area (Å²) in [6.07, 6.45) is 17.6. The lowest BCUT2D eigenvalue weighted by Crippen LogP contribution is -2.54. The zero-order chi connectivity index (χ0) is 31.6. The number of thioether (sulfide) groups is 1. The number of rotatable bonds is 11. The zero-order valence-electron chi connectivity index (χ0n) is 26.3. The van der Waals surface area contributed by atoms with E-state index < -0.39 is 35.5 Å². The number of hydrogen-bond donors (Lipinski definition) is 4. The minimum absolute atomic E-state index is 0.0823. The van der Waals surface area contributed by atoms with E-state index in [4.69, 9.17) is 11.3 Å². The van der Waals surface area contributed by atoms with Gasteiger partial charge in [-0.25, -0.2) is 4.79 Å². The van der Waals surface area contributed by atoms with Gasteiger partial charge in [0.1, 0.15) is 17.7 Å². The Hall–Kier alpha value is -2.51. The van der Waals surface area contributed by atoms with Crippen molar-refractivity contribution < 1.29 is 29.4 Å². The van der Waals surface area contributed by atoms with Crippen LogP contribution in [0.2, 0.25) is 0 Å². The summed E-state index contributed by atoms with van der Waals surface area (Å²) < 4.78 is 0. The minimum atomic E-state index is -1.10. The fraction of sp³-hybridized carbons (Fsp3) is 0.758. The van der Waals surface area contributed by atoms with E-state index in [0.29, 0.717) is 36.3 Å². The van der Waals surface area contributed by atoms with E-state index in [2.05, 4.69) is 41.6 Å². The van der Waals surface area contributed by atoms with E-state index in [-0.39, 0.29) is 23.4 Å². The number of carbonyl (C=O) groups is 3. The number of carbonyl (C=O) groups excluding carboxylic acids is 2. The van der Waals surface area contributed by atoms with Crippen LogP contribution in [0.4, 0.5) is 0 Å². The predicted octanol–water partition coefficient (Wildman–Crippen LogP) is 4.15. The third-order valence-electron chi connectivity index (χ3n) is 11.2. The summed E-state index contributed by atoms with van der Waals surface area (Å²) in [4.78, 5) is 42.5. The molecule has 5 unspecified atom stereocenters. The first kappa shape index (κ1) is 33.4. The molecule has 9 nitrogen and oxygen atoms in total. The van der Waals surface area contributed by atoms with Crippen molar-refractivity contribution in [2.45, 2.75) is 103 Å². The van der Waals surface area contributed by atoms with Crippen molar-refractivity contribution in [3.63, 3.8) is 0 Å². The number of amides is 2. The molecular formula is C33H49N3O6S. The Morgan fingerprint density at radius 2 is 1.86 bits per heavy atom. The number of aliphatic carboxylic acids is 1. The first-order valence-electron chi connectivity index (χ1n) is 15.7. The van der Waals surface area contributed by atoms with Crippen LogP contribution < -0.4 is 10.6 Å². The fourth-order valence-corrected chi connectivity index (χ4v) is 9.05. The first-order chi connectivity index (χ1) is 20.3. The Labute approximate surface area is 260 Å². The summed E-state index contributed by atoms with van der Waals surface area (Å²) in [6.45, 7) is 7.84. The molecule has 0 radical (unpaired) electrons. The Morgan fingerprint density at radius 1 is 1.14 bits per heavy atom. The Kier molecular flexibility index (Phi) is 10.3. The van der Waals surface area contributed by atoms with Gasteiger partial charge in [-0.05, 0) is 105 Å². The number of carboxylic acid groups (broad SMARTS) is 1. The maximum absolute atomic E-state index is 12.8. The van der Waals surface area contributed by atoms with E-state index in [1.807, 2.05) is 6.26 Å². The molecule has 0 spiro atoms. The van der Waals surface area contributed by atoms with E-state index in [9.17, 15) is 24.6 Å². The van der Waals surface area contributed by atoms with Gasteiger partial charge in [0.2, 0.25) is 5.91 Å². The number of nitrogens with zero attached hydrogens (tertiary/aromatic N) is 1. The number of fused-ring (bicyclic) bond motifs is 5. The quantitative estimate of drug-likeness (QED) is 0.202. The van der Waals surface area contributed by atoms with Gasteiger partial charge in [-0.15, -0.1) is 6.42 Å². The van der Waals surface area contributed by atoms with Gasteiger partial charge in [-0.3, -0.25) is 9.59 Å². The van der Waals surface area contributed by atoms with Crippen LogP contribution in [0.1, 0.15) is 85.5 Å². The number of allylic oxidation sites excluding steroid dienone is 2. The summed E-state index contributed by atoms with van der Waals surface area (Å²) in [7, 11) is 0. The van der Waals surface area contributed by atoms with Gasteiger partial charge in [-0.1, -0.05) is 44.3 Å². The van der Waals surface area contributed by atoms with Crippen molar-refractivity contribution in [3.8, 4) is 12.3 Å². The van der Waals surface area contributed by atoms with Crippen LogP contribution in [0, 0.1) is 46.8 Å². The summed E-state index contributed by atoms with van der Waals surface area (Å²) >= 11 is 1.50. The van der Waals surface area contributed by atoms with Crippen LogP contribution in [0.3, 0.4) is 0 Å². The van der Waals surface area contributed by atoms with Crippen molar-refractivity contribution in [1.29, 1.82) is 0 Å². The third-order valence-corrected chi connectivity index (χ3v) is 11.9. The van der Waals surface area contributed by atoms with Crippen molar-refractivity contribution in [2.75, 3.05) is 18.6 Å². The summed E-state index contributed by atoms with van der Waals surface area (Å²) in [5.41, 5.74) is 1.09. The second kappa shape index (κ2) is 13.2. The van der Waals surface area contributed by atoms with Gasteiger partial charge in [0.25, 0.3) is 5.91 Å². The standard InChI is InChI=1S/C33H49N3O6S/c1-7-33(41)16-12-25-23-9-8-21-18-22(10-14-31(21,4)24(23)11-15-32(25,33)5)36-42-19-27(37)35-28(20(2)3)29(38)34-26(30(39)40)13-17-43-6/h1,18,20,23-26,28,41H,8-17,19H2,2-6H3,(H,34,38)(H,35,37)(H,39,40)/t23?,24?,25?,26?,28?,31-,32-,33+/m0/s1. The highest BCUT2D eigenvalue weighted by atomic mass is 32.2. The lowest BCUT2D eigenvalue weighted by atomic mass is 9.46. The molecule has 3 saturated carbocycles. The topological polar surface area (TPSA) is 137 Å². The SMILES string of the molecule is C#C[C@@]1(O)CCC2C3CCC4=CC(=NOCC(=O)NC(C(=O)NC(CCSC)C(=O)O)C(C)C)CC[C@]4(C)C3CC[C@@]21C. The average Bonchev–Trinajstić information content (AvgIpc) is 3.24. The van der Waals surface area contributed by atoms with E-state index in [1.54, 1.807) is 13.8 Å². The maximum atomic E-state index is 12.8. The molecule has 10 heteroatoms. The molecule has 2 amide bonds. The molecule has 0 aromatic rings. The monoisotopic (exact) mass is 615 g/mol. The predicted molar refractivity (Wildman–Crippen MR) is 168 cm³/mol. The number of carboxylic acids is 1. The molecule has 8 atom stereocenters. The fourth-order valence-electron chi connectivity index (χ4n) is 8.57. The van der Waals surface area contributed by atoms with Crippen molar-refractivity contribution in [2.24, 2.45) is 39.7 Å². The van der Waals surface area contributed by atoms with Gasteiger partial charge in [0.15, 0.2) is 6.61 Å². The van der Waals surface area contributed by atoms with Crippen molar-refractivity contribution >= 4 is 35.3 Å². The normalized spacial score (nSPS) is 35.4. The van der Waals surface area contributed by atoms with E-state index in [0.717, 1.165) is 50.7 Å². The number of oxime groups is 1. The molecular weight excluding hydrogens is 566 g/mol. The highest BCUT2D eigenvalue weighted by molar-refractivity contribution is 7.98. The highest BCUT2D eigenvalue weighted by Crippen LogP contribution is 2.67. The average molecular weight is 616 g/mol. The minimum Gasteiger partial charge on any atom is -0.480 e. The first-order valence-corrected chi connectivity index (χ1v) is 17.1. The third kappa shape index (κ3) is 6.49. The maximum Gasteiger partial charge on any atom is 0.326 e. The Bertz CT molecular complexity index is 1200. The summed E-state index contributed by atoms with van der Waals surface area (Å²) in [6, 6.07) is -1.90. The largest absolute Gasteiger partial charge is 0.480 e. The second-order valence-corrected chi connectivity index (χ2v) is 14.8. The summed E-state index contributed by atoms with van der Waals surface area (Å²) in [5.74, 6) is 2.55. The Balaban J connectivity index is 1.34. The van der Waals surface area contributed by atoms with Crippen LogP contribution in [0.5, 0.6) is 0 Å². The molecule has 4 aliphatic rings. The summed E-state index contributed by atoms with van der Waals surface area (Å²) in [5, 5.41) is 30.2.